The first-order chi connectivity index (χ1) is 7.75. The zero-order chi connectivity index (χ0) is 11.4. The molecule has 0 aromatic heterocycles. The van der Waals surface area contributed by atoms with Gasteiger partial charge in [-0.1, -0.05) is 60.2 Å². The first-order valence-corrected chi connectivity index (χ1v) is 5.35. The van der Waals surface area contributed by atoms with Crippen LogP contribution in [0.25, 0.3) is 12.2 Å². The van der Waals surface area contributed by atoms with Gasteiger partial charge in [-0.2, -0.15) is 0 Å². The van der Waals surface area contributed by atoms with Crippen molar-refractivity contribution in [2.75, 3.05) is 0 Å². The van der Waals surface area contributed by atoms with Crippen molar-refractivity contribution < 1.29 is 5.11 Å². The largest absolute Gasteiger partial charge is 0.506 e. The molecule has 0 amide bonds. The van der Waals surface area contributed by atoms with Gasteiger partial charge in [0.2, 0.25) is 0 Å². The Morgan fingerprint density at radius 2 is 1.56 bits per heavy atom. The number of hydrogen-bond donors (Lipinski definition) is 1. The number of phenolic OH excluding ortho intramolecular Hbond substituents is 1. The van der Waals surface area contributed by atoms with Gasteiger partial charge in [-0.3, -0.25) is 0 Å². The lowest BCUT2D eigenvalue weighted by Crippen LogP contribution is -1.74. The molecule has 2 rings (SSSR count). The van der Waals surface area contributed by atoms with Crippen LogP contribution in [0.1, 0.15) is 11.1 Å². The van der Waals surface area contributed by atoms with Crippen molar-refractivity contribution >= 4 is 23.8 Å². The van der Waals surface area contributed by atoms with Crippen molar-refractivity contribution in [3.05, 3.63) is 64.7 Å². The van der Waals surface area contributed by atoms with E-state index < -0.39 is 0 Å². The van der Waals surface area contributed by atoms with E-state index in [1.54, 1.807) is 12.1 Å². The highest BCUT2D eigenvalue weighted by Crippen LogP contribution is 2.24. The molecule has 0 saturated heterocycles. The van der Waals surface area contributed by atoms with Crippen LogP contribution >= 0.6 is 11.6 Å². The van der Waals surface area contributed by atoms with Crippen molar-refractivity contribution in [3.63, 3.8) is 0 Å². The fraction of sp³-hybridized carbons (Fsp3) is 0. The van der Waals surface area contributed by atoms with Gasteiger partial charge in [0.15, 0.2) is 0 Å². The number of benzene rings is 2. The quantitative estimate of drug-likeness (QED) is 0.766. The second-order valence-corrected chi connectivity index (χ2v) is 3.86. The predicted octanol–water partition coefficient (Wildman–Crippen LogP) is 4.22. The second-order valence-electron chi connectivity index (χ2n) is 3.45. The van der Waals surface area contributed by atoms with Crippen molar-refractivity contribution in [1.82, 2.24) is 0 Å². The third-order valence-corrected chi connectivity index (χ3v) is 2.56. The van der Waals surface area contributed by atoms with Gasteiger partial charge in [-0.25, -0.2) is 0 Å². The Morgan fingerprint density at radius 1 is 0.875 bits per heavy atom. The summed E-state index contributed by atoms with van der Waals surface area (Å²) in [7, 11) is 0. The smallest absolute Gasteiger partial charge is 0.134 e. The Kier molecular flexibility index (Phi) is 3.28. The predicted molar refractivity (Wildman–Crippen MR) is 68.5 cm³/mol. The molecule has 0 aliphatic heterocycles. The molecule has 80 valence electrons. The SMILES string of the molecule is Oc1cc(C=Cc2ccccc2)ccc1Cl. The van der Waals surface area contributed by atoms with Crippen LogP contribution in [0.3, 0.4) is 0 Å². The molecule has 0 unspecified atom stereocenters. The van der Waals surface area contributed by atoms with Gasteiger partial charge in [-0.05, 0) is 23.3 Å². The van der Waals surface area contributed by atoms with Crippen LogP contribution < -0.4 is 0 Å². The van der Waals surface area contributed by atoms with Crippen molar-refractivity contribution in [1.29, 1.82) is 0 Å². The van der Waals surface area contributed by atoms with Crippen LogP contribution in [0.5, 0.6) is 5.75 Å². The van der Waals surface area contributed by atoms with Gasteiger partial charge in [0, 0.05) is 0 Å². The van der Waals surface area contributed by atoms with Gasteiger partial charge in [0.25, 0.3) is 0 Å². The first-order valence-electron chi connectivity index (χ1n) is 4.97. The highest BCUT2D eigenvalue weighted by Gasteiger charge is 1.96. The Hall–Kier alpha value is -1.73. The first kappa shape index (κ1) is 10.8. The molecule has 2 aromatic carbocycles. The molecule has 0 aliphatic rings. The summed E-state index contributed by atoms with van der Waals surface area (Å²) >= 11 is 5.72. The topological polar surface area (TPSA) is 20.2 Å². The summed E-state index contributed by atoms with van der Waals surface area (Å²) in [6.07, 6.45) is 3.92. The summed E-state index contributed by atoms with van der Waals surface area (Å²) in [5.41, 5.74) is 2.04. The van der Waals surface area contributed by atoms with Gasteiger partial charge in [-0.15, -0.1) is 0 Å². The van der Waals surface area contributed by atoms with Crippen molar-refractivity contribution in [2.24, 2.45) is 0 Å². The molecule has 0 fully saturated rings. The molecule has 0 atom stereocenters. The summed E-state index contributed by atoms with van der Waals surface area (Å²) in [5, 5.41) is 9.80. The summed E-state index contributed by atoms with van der Waals surface area (Å²) in [4.78, 5) is 0. The average Bonchev–Trinajstić information content (AvgIpc) is 2.32. The number of halogens is 1. The summed E-state index contributed by atoms with van der Waals surface area (Å²) in [6.45, 7) is 0. The third-order valence-electron chi connectivity index (χ3n) is 2.24. The van der Waals surface area contributed by atoms with E-state index >= 15 is 0 Å². The highest BCUT2D eigenvalue weighted by molar-refractivity contribution is 6.32. The molecular formula is C14H11ClO. The Balaban J connectivity index is 2.21. The molecule has 0 spiro atoms. The minimum Gasteiger partial charge on any atom is -0.506 e. The fourth-order valence-corrected chi connectivity index (χ4v) is 1.51. The maximum atomic E-state index is 9.43. The zero-order valence-corrected chi connectivity index (χ0v) is 9.35. The molecule has 1 nitrogen and oxygen atoms in total. The van der Waals surface area contributed by atoms with E-state index in [0.29, 0.717) is 5.02 Å². The number of rotatable bonds is 2. The lowest BCUT2D eigenvalue weighted by Gasteiger charge is -1.98. The molecule has 16 heavy (non-hydrogen) atoms. The minimum atomic E-state index is 0.108. The number of aromatic hydroxyl groups is 1. The van der Waals surface area contributed by atoms with Crippen molar-refractivity contribution in [2.45, 2.75) is 0 Å². The lowest BCUT2D eigenvalue weighted by atomic mass is 10.1. The Morgan fingerprint density at radius 3 is 2.25 bits per heavy atom. The molecule has 2 heteroatoms. The van der Waals surface area contributed by atoms with Crippen LogP contribution in [-0.4, -0.2) is 5.11 Å². The van der Waals surface area contributed by atoms with Crippen LogP contribution in [0.4, 0.5) is 0 Å². The van der Waals surface area contributed by atoms with Crippen LogP contribution in [0.2, 0.25) is 5.02 Å². The van der Waals surface area contributed by atoms with E-state index in [4.69, 9.17) is 11.6 Å². The molecule has 0 bridgehead atoms. The molecule has 1 N–H and O–H groups in total. The third kappa shape index (κ3) is 2.65. The van der Waals surface area contributed by atoms with Gasteiger partial charge in [0.05, 0.1) is 5.02 Å². The van der Waals surface area contributed by atoms with Crippen LogP contribution in [0, 0.1) is 0 Å². The van der Waals surface area contributed by atoms with E-state index in [2.05, 4.69) is 0 Å². The lowest BCUT2D eigenvalue weighted by molar-refractivity contribution is 0.475. The van der Waals surface area contributed by atoms with E-state index in [-0.39, 0.29) is 5.75 Å². The maximum Gasteiger partial charge on any atom is 0.134 e. The molecule has 0 aliphatic carbocycles. The van der Waals surface area contributed by atoms with Crippen LogP contribution in [0.15, 0.2) is 48.5 Å². The van der Waals surface area contributed by atoms with E-state index in [0.717, 1.165) is 11.1 Å². The number of phenols is 1. The summed E-state index contributed by atoms with van der Waals surface area (Å²) < 4.78 is 0. The van der Waals surface area contributed by atoms with E-state index in [1.807, 2.05) is 48.6 Å². The van der Waals surface area contributed by atoms with E-state index in [9.17, 15) is 5.11 Å². The van der Waals surface area contributed by atoms with Gasteiger partial charge in [0.1, 0.15) is 5.75 Å². The van der Waals surface area contributed by atoms with Gasteiger partial charge < -0.3 is 5.11 Å². The van der Waals surface area contributed by atoms with Gasteiger partial charge >= 0.3 is 0 Å². The molecule has 0 radical (unpaired) electrons. The standard InChI is InChI=1S/C14H11ClO/c15-13-9-8-12(10-14(13)16)7-6-11-4-2-1-3-5-11/h1-10,16H. The minimum absolute atomic E-state index is 0.108. The normalized spacial score (nSPS) is 10.8. The van der Waals surface area contributed by atoms with E-state index in [1.165, 1.54) is 0 Å². The number of hydrogen-bond acceptors (Lipinski definition) is 1. The Bertz CT molecular complexity index is 503. The summed E-state index contributed by atoms with van der Waals surface area (Å²) in [5.74, 6) is 0.108. The molecule has 2 aromatic rings. The molecular weight excluding hydrogens is 220 g/mol. The van der Waals surface area contributed by atoms with Crippen molar-refractivity contribution in [3.8, 4) is 5.75 Å². The molecule has 0 heterocycles. The Labute approximate surface area is 99.6 Å². The highest BCUT2D eigenvalue weighted by atomic mass is 35.5. The maximum absolute atomic E-state index is 9.43. The van der Waals surface area contributed by atoms with Crippen LogP contribution in [-0.2, 0) is 0 Å². The fourth-order valence-electron chi connectivity index (χ4n) is 1.39. The average molecular weight is 231 g/mol. The zero-order valence-electron chi connectivity index (χ0n) is 8.60. The summed E-state index contributed by atoms with van der Waals surface area (Å²) in [6, 6.07) is 15.2. The second kappa shape index (κ2) is 4.86. The monoisotopic (exact) mass is 230 g/mol. The molecule has 0 saturated carbocycles.